The third kappa shape index (κ3) is 1.12. The van der Waals surface area contributed by atoms with Gasteiger partial charge in [0.1, 0.15) is 6.61 Å². The number of hydrogen-bond acceptors (Lipinski definition) is 3. The van der Waals surface area contributed by atoms with E-state index >= 15 is 0 Å². The van der Waals surface area contributed by atoms with Crippen LogP contribution in [-0.4, -0.2) is 30.3 Å². The minimum absolute atomic E-state index is 0.0336. The Bertz CT molecular complexity index is 242. The van der Waals surface area contributed by atoms with Gasteiger partial charge >= 0.3 is 6.09 Å². The molecule has 0 aliphatic carbocycles. The van der Waals surface area contributed by atoms with E-state index in [-0.39, 0.29) is 11.6 Å². The molecule has 0 aromatic heterocycles. The Morgan fingerprint density at radius 2 is 2.00 bits per heavy atom. The van der Waals surface area contributed by atoms with Crippen LogP contribution < -0.4 is 10.6 Å². The zero-order valence-corrected chi connectivity index (χ0v) is 7.51. The molecule has 3 saturated heterocycles. The molecule has 1 spiro atoms. The van der Waals surface area contributed by atoms with Crippen molar-refractivity contribution in [2.75, 3.05) is 6.61 Å². The van der Waals surface area contributed by atoms with E-state index in [0.717, 1.165) is 12.8 Å². The molecule has 2 atom stereocenters. The van der Waals surface area contributed by atoms with E-state index in [2.05, 4.69) is 10.6 Å². The summed E-state index contributed by atoms with van der Waals surface area (Å²) < 4.78 is 4.99. The van der Waals surface area contributed by atoms with E-state index in [0.29, 0.717) is 18.7 Å². The first-order valence-electron chi connectivity index (χ1n) is 4.97. The summed E-state index contributed by atoms with van der Waals surface area (Å²) in [5.74, 6) is 0. The van der Waals surface area contributed by atoms with Crippen LogP contribution in [0.25, 0.3) is 0 Å². The van der Waals surface area contributed by atoms with Crippen LogP contribution in [0.1, 0.15) is 25.7 Å². The second-order valence-corrected chi connectivity index (χ2v) is 4.53. The number of cyclic esters (lactones) is 1. The predicted molar refractivity (Wildman–Crippen MR) is 46.4 cm³/mol. The Morgan fingerprint density at radius 3 is 2.54 bits per heavy atom. The largest absolute Gasteiger partial charge is 0.447 e. The molecule has 3 aliphatic heterocycles. The van der Waals surface area contributed by atoms with Gasteiger partial charge in [-0.05, 0) is 25.7 Å². The van der Waals surface area contributed by atoms with Gasteiger partial charge in [-0.3, -0.25) is 0 Å². The maximum atomic E-state index is 11.0. The lowest BCUT2D eigenvalue weighted by molar-refractivity contribution is 0.159. The minimum atomic E-state index is -0.235. The second kappa shape index (κ2) is 2.38. The molecule has 4 nitrogen and oxygen atoms in total. The zero-order valence-electron chi connectivity index (χ0n) is 7.51. The Labute approximate surface area is 77.0 Å². The summed E-state index contributed by atoms with van der Waals surface area (Å²) in [6.45, 7) is 0.570. The van der Waals surface area contributed by atoms with E-state index in [9.17, 15) is 4.79 Å². The average molecular weight is 182 g/mol. The van der Waals surface area contributed by atoms with Crippen LogP contribution in [0.5, 0.6) is 0 Å². The molecule has 2 N–H and O–H groups in total. The number of alkyl carbamates (subject to hydrolysis) is 1. The van der Waals surface area contributed by atoms with E-state index < -0.39 is 0 Å². The lowest BCUT2D eigenvalue weighted by Gasteiger charge is -2.36. The molecule has 0 aromatic carbocycles. The van der Waals surface area contributed by atoms with Crippen molar-refractivity contribution >= 4 is 6.09 Å². The minimum Gasteiger partial charge on any atom is -0.447 e. The van der Waals surface area contributed by atoms with Crippen LogP contribution >= 0.6 is 0 Å². The molecule has 3 fully saturated rings. The van der Waals surface area contributed by atoms with E-state index in [1.54, 1.807) is 0 Å². The molecule has 72 valence electrons. The highest BCUT2D eigenvalue weighted by atomic mass is 16.6. The van der Waals surface area contributed by atoms with Crippen molar-refractivity contribution in [3.63, 3.8) is 0 Å². The van der Waals surface area contributed by atoms with Crippen LogP contribution in [0.2, 0.25) is 0 Å². The third-order valence-corrected chi connectivity index (χ3v) is 3.46. The maximum Gasteiger partial charge on any atom is 0.407 e. The quantitative estimate of drug-likeness (QED) is 0.569. The first kappa shape index (κ1) is 7.62. The normalized spacial score (nSPS) is 47.8. The SMILES string of the molecule is O=C1NC2(CO1)CC1CCC(C2)N1. The summed E-state index contributed by atoms with van der Waals surface area (Å²) in [6.07, 6.45) is 4.34. The van der Waals surface area contributed by atoms with Crippen molar-refractivity contribution in [3.8, 4) is 0 Å². The van der Waals surface area contributed by atoms with Gasteiger partial charge in [-0.2, -0.15) is 0 Å². The standard InChI is InChI=1S/C9H14N2O2/c12-8-11-9(5-13-8)3-6-1-2-7(4-9)10-6/h6-7,10H,1-5H2,(H,11,12). The van der Waals surface area contributed by atoms with Crippen molar-refractivity contribution in [3.05, 3.63) is 0 Å². The first-order chi connectivity index (χ1) is 6.26. The maximum absolute atomic E-state index is 11.0. The fraction of sp³-hybridized carbons (Fsp3) is 0.889. The Kier molecular flexibility index (Phi) is 1.39. The summed E-state index contributed by atoms with van der Waals surface area (Å²) in [6, 6.07) is 1.20. The molecule has 2 unspecified atom stereocenters. The van der Waals surface area contributed by atoms with Crippen LogP contribution in [0.15, 0.2) is 0 Å². The van der Waals surface area contributed by atoms with Crippen LogP contribution in [0.3, 0.4) is 0 Å². The van der Waals surface area contributed by atoms with Crippen LogP contribution in [0, 0.1) is 0 Å². The molecule has 0 saturated carbocycles. The van der Waals surface area contributed by atoms with Gasteiger partial charge in [-0.25, -0.2) is 4.79 Å². The van der Waals surface area contributed by atoms with Crippen molar-refractivity contribution in [1.29, 1.82) is 0 Å². The van der Waals surface area contributed by atoms with Gasteiger partial charge in [0.15, 0.2) is 0 Å². The molecule has 1 amide bonds. The number of carbonyl (C=O) groups is 1. The summed E-state index contributed by atoms with van der Waals surface area (Å²) in [5.41, 5.74) is -0.0336. The molecule has 4 heteroatoms. The smallest absolute Gasteiger partial charge is 0.407 e. The van der Waals surface area contributed by atoms with Gasteiger partial charge in [0.2, 0.25) is 0 Å². The molecular weight excluding hydrogens is 168 g/mol. The number of piperidine rings is 1. The fourth-order valence-electron chi connectivity index (χ4n) is 2.96. The van der Waals surface area contributed by atoms with E-state index in [1.807, 2.05) is 0 Å². The molecule has 3 rings (SSSR count). The van der Waals surface area contributed by atoms with Crippen molar-refractivity contribution < 1.29 is 9.53 Å². The number of rotatable bonds is 0. The van der Waals surface area contributed by atoms with Crippen molar-refractivity contribution in [2.24, 2.45) is 0 Å². The topological polar surface area (TPSA) is 50.4 Å². The monoisotopic (exact) mass is 182 g/mol. The molecule has 0 radical (unpaired) electrons. The summed E-state index contributed by atoms with van der Waals surface area (Å²) >= 11 is 0. The van der Waals surface area contributed by atoms with Gasteiger partial charge in [0.25, 0.3) is 0 Å². The highest BCUT2D eigenvalue weighted by molar-refractivity contribution is 5.70. The van der Waals surface area contributed by atoms with Gasteiger partial charge in [0.05, 0.1) is 5.54 Å². The Balaban J connectivity index is 1.81. The second-order valence-electron chi connectivity index (χ2n) is 4.53. The lowest BCUT2D eigenvalue weighted by Crippen LogP contribution is -2.55. The molecule has 3 aliphatic rings. The fourth-order valence-corrected chi connectivity index (χ4v) is 2.96. The highest BCUT2D eigenvalue weighted by Gasteiger charge is 2.48. The summed E-state index contributed by atoms with van der Waals surface area (Å²) in [5, 5.41) is 6.52. The third-order valence-electron chi connectivity index (χ3n) is 3.46. The van der Waals surface area contributed by atoms with Gasteiger partial charge in [0, 0.05) is 12.1 Å². The van der Waals surface area contributed by atoms with E-state index in [1.165, 1.54) is 12.8 Å². The summed E-state index contributed by atoms with van der Waals surface area (Å²) in [4.78, 5) is 11.0. The average Bonchev–Trinajstić information content (AvgIpc) is 2.58. The van der Waals surface area contributed by atoms with Crippen molar-refractivity contribution in [1.82, 2.24) is 10.6 Å². The molecule has 2 bridgehead atoms. The zero-order chi connectivity index (χ0) is 8.89. The van der Waals surface area contributed by atoms with Gasteiger partial charge < -0.3 is 15.4 Å². The molecule has 3 heterocycles. The van der Waals surface area contributed by atoms with E-state index in [4.69, 9.17) is 4.74 Å². The van der Waals surface area contributed by atoms with Gasteiger partial charge in [-0.15, -0.1) is 0 Å². The highest BCUT2D eigenvalue weighted by Crippen LogP contribution is 2.35. The summed E-state index contributed by atoms with van der Waals surface area (Å²) in [7, 11) is 0. The number of nitrogens with one attached hydrogen (secondary N) is 2. The number of hydrogen-bond donors (Lipinski definition) is 2. The Morgan fingerprint density at radius 1 is 1.31 bits per heavy atom. The first-order valence-corrected chi connectivity index (χ1v) is 4.97. The molecule has 0 aromatic rings. The number of ether oxygens (including phenoxy) is 1. The van der Waals surface area contributed by atoms with Gasteiger partial charge in [-0.1, -0.05) is 0 Å². The molecule has 13 heavy (non-hydrogen) atoms. The number of fused-ring (bicyclic) bond motifs is 2. The lowest BCUT2D eigenvalue weighted by atomic mass is 9.85. The van der Waals surface area contributed by atoms with Crippen molar-refractivity contribution in [2.45, 2.75) is 43.3 Å². The number of amides is 1. The Hall–Kier alpha value is -0.770. The molecular formula is C9H14N2O2. The van der Waals surface area contributed by atoms with Crippen LogP contribution in [0.4, 0.5) is 4.79 Å². The number of carbonyl (C=O) groups excluding carboxylic acids is 1. The predicted octanol–water partition coefficient (Wildman–Crippen LogP) is 0.379. The van der Waals surface area contributed by atoms with Crippen LogP contribution in [-0.2, 0) is 4.74 Å².